The fourth-order valence-electron chi connectivity index (χ4n) is 3.06. The lowest BCUT2D eigenvalue weighted by Crippen LogP contribution is -2.40. The normalized spacial score (nSPS) is 20.2. The summed E-state index contributed by atoms with van der Waals surface area (Å²) in [5, 5.41) is 0. The number of aryl methyl sites for hydroxylation is 1. The molecule has 1 fully saturated rings. The Morgan fingerprint density at radius 3 is 2.58 bits per heavy atom. The van der Waals surface area contributed by atoms with Crippen molar-refractivity contribution in [1.29, 1.82) is 0 Å². The maximum atomic E-state index is 12.8. The Balaban J connectivity index is 2.31. The van der Waals surface area contributed by atoms with E-state index in [0.29, 0.717) is 25.2 Å². The molecule has 1 unspecified atom stereocenters. The number of nitrogens with two attached hydrogens (primary N) is 1. The second kappa shape index (κ2) is 7.49. The SMILES string of the molecule is CNS(=O)(=O)c1ccc(S(=O)(=O)N2CCCC(CCN)C2)cc1C. The maximum absolute atomic E-state index is 12.8. The van der Waals surface area contributed by atoms with Crippen LogP contribution in [0.1, 0.15) is 24.8 Å². The van der Waals surface area contributed by atoms with Crippen molar-refractivity contribution in [3.05, 3.63) is 23.8 Å². The summed E-state index contributed by atoms with van der Waals surface area (Å²) < 4.78 is 53.3. The minimum Gasteiger partial charge on any atom is -0.330 e. The van der Waals surface area contributed by atoms with Crippen molar-refractivity contribution in [2.24, 2.45) is 11.7 Å². The van der Waals surface area contributed by atoms with Crippen molar-refractivity contribution in [3.63, 3.8) is 0 Å². The molecular weight excluding hydrogens is 350 g/mol. The van der Waals surface area contributed by atoms with Gasteiger partial charge in [0.15, 0.2) is 0 Å². The summed E-state index contributed by atoms with van der Waals surface area (Å²) in [5.41, 5.74) is 5.99. The first-order chi connectivity index (χ1) is 11.2. The highest BCUT2D eigenvalue weighted by molar-refractivity contribution is 7.89. The standard InChI is InChI=1S/C15H25N3O4S2/c1-12-10-14(5-6-15(12)23(19,20)17-2)24(21,22)18-9-3-4-13(11-18)7-8-16/h5-6,10,13,17H,3-4,7-9,11,16H2,1-2H3. The number of benzene rings is 1. The van der Waals surface area contributed by atoms with Gasteiger partial charge >= 0.3 is 0 Å². The molecule has 9 heteroatoms. The molecule has 0 aliphatic carbocycles. The summed E-state index contributed by atoms with van der Waals surface area (Å²) in [6.07, 6.45) is 2.61. The molecule has 2 rings (SSSR count). The van der Waals surface area contributed by atoms with Gasteiger partial charge in [0.2, 0.25) is 20.0 Å². The molecule has 1 atom stereocenters. The summed E-state index contributed by atoms with van der Waals surface area (Å²) in [6.45, 7) is 3.10. The number of nitrogens with zero attached hydrogens (tertiary/aromatic N) is 1. The zero-order valence-corrected chi connectivity index (χ0v) is 15.7. The second-order valence-electron chi connectivity index (χ2n) is 6.08. The Bertz CT molecular complexity index is 789. The topological polar surface area (TPSA) is 110 Å². The van der Waals surface area contributed by atoms with E-state index in [1.165, 1.54) is 29.6 Å². The van der Waals surface area contributed by atoms with Gasteiger partial charge in [-0.05, 0) is 69.5 Å². The van der Waals surface area contributed by atoms with E-state index < -0.39 is 20.0 Å². The molecule has 0 saturated carbocycles. The van der Waals surface area contributed by atoms with Crippen molar-refractivity contribution in [3.8, 4) is 0 Å². The fraction of sp³-hybridized carbons (Fsp3) is 0.600. The van der Waals surface area contributed by atoms with E-state index in [1.807, 2.05) is 0 Å². The number of rotatable bonds is 6. The van der Waals surface area contributed by atoms with Crippen LogP contribution in [0, 0.1) is 12.8 Å². The van der Waals surface area contributed by atoms with Crippen molar-refractivity contribution < 1.29 is 16.8 Å². The number of sulfonamides is 2. The average Bonchev–Trinajstić information content (AvgIpc) is 2.55. The fourth-order valence-corrected chi connectivity index (χ4v) is 5.65. The van der Waals surface area contributed by atoms with Crippen LogP contribution in [-0.2, 0) is 20.0 Å². The zero-order valence-electron chi connectivity index (χ0n) is 14.0. The van der Waals surface area contributed by atoms with Crippen molar-refractivity contribution >= 4 is 20.0 Å². The first kappa shape index (κ1) is 19.3. The smallest absolute Gasteiger partial charge is 0.243 e. The van der Waals surface area contributed by atoms with E-state index in [1.54, 1.807) is 6.92 Å². The molecule has 0 bridgehead atoms. The molecule has 3 N–H and O–H groups in total. The van der Waals surface area contributed by atoms with E-state index in [9.17, 15) is 16.8 Å². The number of piperidine rings is 1. The highest BCUT2D eigenvalue weighted by atomic mass is 32.2. The Hall–Kier alpha value is -1.00. The van der Waals surface area contributed by atoms with Crippen LogP contribution in [-0.4, -0.2) is 47.8 Å². The number of nitrogens with one attached hydrogen (secondary N) is 1. The predicted octanol–water partition coefficient (Wildman–Crippen LogP) is 0.653. The van der Waals surface area contributed by atoms with Gasteiger partial charge in [-0.1, -0.05) is 0 Å². The molecular formula is C15H25N3O4S2. The number of hydrogen-bond acceptors (Lipinski definition) is 5. The molecule has 0 radical (unpaired) electrons. The second-order valence-corrected chi connectivity index (χ2v) is 9.88. The summed E-state index contributed by atoms with van der Waals surface area (Å²) in [7, 11) is -5.91. The average molecular weight is 376 g/mol. The van der Waals surface area contributed by atoms with E-state index in [4.69, 9.17) is 5.73 Å². The van der Waals surface area contributed by atoms with Crippen molar-refractivity contribution in [1.82, 2.24) is 9.03 Å². The minimum atomic E-state index is -3.63. The van der Waals surface area contributed by atoms with E-state index in [0.717, 1.165) is 19.3 Å². The third-order valence-electron chi connectivity index (χ3n) is 4.40. The van der Waals surface area contributed by atoms with E-state index >= 15 is 0 Å². The molecule has 7 nitrogen and oxygen atoms in total. The van der Waals surface area contributed by atoms with Gasteiger partial charge in [-0.2, -0.15) is 4.31 Å². The van der Waals surface area contributed by atoms with Gasteiger partial charge in [0.05, 0.1) is 9.79 Å². The molecule has 1 saturated heterocycles. The molecule has 1 aromatic rings. The zero-order chi connectivity index (χ0) is 18.0. The van der Waals surface area contributed by atoms with Gasteiger partial charge in [0, 0.05) is 13.1 Å². The van der Waals surface area contributed by atoms with Crippen molar-refractivity contribution in [2.45, 2.75) is 36.0 Å². The van der Waals surface area contributed by atoms with Gasteiger partial charge in [-0.3, -0.25) is 0 Å². The molecule has 24 heavy (non-hydrogen) atoms. The van der Waals surface area contributed by atoms with Crippen LogP contribution < -0.4 is 10.5 Å². The molecule has 0 amide bonds. The Kier molecular flexibility index (Phi) is 6.03. The molecule has 136 valence electrons. The lowest BCUT2D eigenvalue weighted by Gasteiger charge is -2.31. The highest BCUT2D eigenvalue weighted by Crippen LogP contribution is 2.27. The van der Waals surface area contributed by atoms with Gasteiger partial charge in [-0.15, -0.1) is 0 Å². The van der Waals surface area contributed by atoms with Crippen LogP contribution in [0.5, 0.6) is 0 Å². The Labute approximate surface area is 144 Å². The van der Waals surface area contributed by atoms with Gasteiger partial charge in [0.25, 0.3) is 0 Å². The van der Waals surface area contributed by atoms with Crippen LogP contribution in [0.3, 0.4) is 0 Å². The monoisotopic (exact) mass is 375 g/mol. The molecule has 1 aromatic carbocycles. The first-order valence-electron chi connectivity index (χ1n) is 7.97. The van der Waals surface area contributed by atoms with Crippen LogP contribution in [0.2, 0.25) is 0 Å². The maximum Gasteiger partial charge on any atom is 0.243 e. The largest absolute Gasteiger partial charge is 0.330 e. The van der Waals surface area contributed by atoms with Gasteiger partial charge in [-0.25, -0.2) is 21.6 Å². The molecule has 0 spiro atoms. The first-order valence-corrected chi connectivity index (χ1v) is 10.9. The van der Waals surface area contributed by atoms with Crippen LogP contribution >= 0.6 is 0 Å². The van der Waals surface area contributed by atoms with Crippen LogP contribution in [0.25, 0.3) is 0 Å². The van der Waals surface area contributed by atoms with E-state index in [2.05, 4.69) is 4.72 Å². The highest BCUT2D eigenvalue weighted by Gasteiger charge is 2.30. The molecule has 1 aliphatic rings. The minimum absolute atomic E-state index is 0.0867. The quantitative estimate of drug-likeness (QED) is 0.759. The predicted molar refractivity (Wildman–Crippen MR) is 92.6 cm³/mol. The third-order valence-corrected chi connectivity index (χ3v) is 7.83. The Morgan fingerprint density at radius 2 is 2.00 bits per heavy atom. The van der Waals surface area contributed by atoms with E-state index in [-0.39, 0.29) is 15.7 Å². The van der Waals surface area contributed by atoms with Gasteiger partial charge < -0.3 is 5.73 Å². The third kappa shape index (κ3) is 3.97. The Morgan fingerprint density at radius 1 is 1.29 bits per heavy atom. The summed E-state index contributed by atoms with van der Waals surface area (Å²) in [6, 6.07) is 4.13. The molecule has 1 aliphatic heterocycles. The van der Waals surface area contributed by atoms with Crippen LogP contribution in [0.4, 0.5) is 0 Å². The number of hydrogen-bond donors (Lipinski definition) is 2. The summed E-state index contributed by atoms with van der Waals surface area (Å²) in [4.78, 5) is 0.215. The summed E-state index contributed by atoms with van der Waals surface area (Å²) in [5.74, 6) is 0.281. The molecule has 0 aromatic heterocycles. The lowest BCUT2D eigenvalue weighted by atomic mass is 9.96. The van der Waals surface area contributed by atoms with Crippen molar-refractivity contribution in [2.75, 3.05) is 26.7 Å². The van der Waals surface area contributed by atoms with Gasteiger partial charge in [0.1, 0.15) is 0 Å². The lowest BCUT2D eigenvalue weighted by molar-refractivity contribution is 0.258. The van der Waals surface area contributed by atoms with Crippen LogP contribution in [0.15, 0.2) is 28.0 Å². The summed E-state index contributed by atoms with van der Waals surface area (Å²) >= 11 is 0. The molecule has 1 heterocycles.